The number of carbonyl (C=O) groups excluding carboxylic acids is 1. The van der Waals surface area contributed by atoms with Crippen molar-refractivity contribution in [2.75, 3.05) is 5.32 Å². The van der Waals surface area contributed by atoms with Crippen molar-refractivity contribution in [2.24, 2.45) is 0 Å². The van der Waals surface area contributed by atoms with E-state index < -0.39 is 6.03 Å². The highest BCUT2D eigenvalue weighted by atomic mass is 35.5. The number of hydrogen-bond acceptors (Lipinski definition) is 2. The van der Waals surface area contributed by atoms with Crippen molar-refractivity contribution in [2.45, 2.75) is 6.92 Å². The highest BCUT2D eigenvalue weighted by Crippen LogP contribution is 2.23. The van der Waals surface area contributed by atoms with E-state index >= 15 is 0 Å². The zero-order chi connectivity index (χ0) is 15.2. The van der Waals surface area contributed by atoms with E-state index in [4.69, 9.17) is 11.6 Å². The number of rotatable bonds is 3. The molecule has 5 heteroatoms. The van der Waals surface area contributed by atoms with E-state index in [-0.39, 0.29) is 5.75 Å². The zero-order valence-electron chi connectivity index (χ0n) is 11.4. The molecular weight excluding hydrogens is 288 g/mol. The number of phenolic OH excluding ortho intramolecular Hbond substituents is 1. The summed E-state index contributed by atoms with van der Waals surface area (Å²) in [5.74, 6) is 0.0254. The molecule has 0 heterocycles. The molecule has 0 radical (unpaired) electrons. The van der Waals surface area contributed by atoms with Crippen LogP contribution in [0.4, 0.5) is 10.5 Å². The Kier molecular flexibility index (Phi) is 4.85. The molecule has 2 aromatic rings. The van der Waals surface area contributed by atoms with E-state index in [2.05, 4.69) is 10.6 Å². The number of amides is 2. The molecule has 0 aliphatic heterocycles. The van der Waals surface area contributed by atoms with E-state index in [1.165, 1.54) is 12.3 Å². The van der Waals surface area contributed by atoms with Gasteiger partial charge in [-0.05, 0) is 48.4 Å². The van der Waals surface area contributed by atoms with Crippen LogP contribution in [0.15, 0.2) is 48.7 Å². The summed E-state index contributed by atoms with van der Waals surface area (Å²) in [5.41, 5.74) is 2.23. The second-order valence-electron chi connectivity index (χ2n) is 4.50. The number of hydrogen-bond donors (Lipinski definition) is 3. The molecule has 4 nitrogen and oxygen atoms in total. The summed E-state index contributed by atoms with van der Waals surface area (Å²) in [6.07, 6.45) is 3.26. The van der Waals surface area contributed by atoms with Crippen molar-refractivity contribution in [3.8, 4) is 5.75 Å². The van der Waals surface area contributed by atoms with Crippen LogP contribution in [0, 0.1) is 6.92 Å². The van der Waals surface area contributed by atoms with Crippen LogP contribution in [-0.4, -0.2) is 11.1 Å². The molecule has 0 saturated heterocycles. The molecule has 0 atom stereocenters. The maximum atomic E-state index is 11.7. The fourth-order valence-electron chi connectivity index (χ4n) is 1.70. The van der Waals surface area contributed by atoms with E-state index in [9.17, 15) is 9.90 Å². The Hall–Kier alpha value is -2.46. The van der Waals surface area contributed by atoms with Gasteiger partial charge in [0.05, 0.1) is 5.69 Å². The quantitative estimate of drug-likeness (QED) is 0.746. The molecule has 0 fully saturated rings. The summed E-state index contributed by atoms with van der Waals surface area (Å²) >= 11 is 5.79. The minimum Gasteiger partial charge on any atom is -0.506 e. The van der Waals surface area contributed by atoms with Gasteiger partial charge in [-0.2, -0.15) is 0 Å². The number of nitrogens with one attached hydrogen (secondary N) is 2. The van der Waals surface area contributed by atoms with Crippen LogP contribution in [0.5, 0.6) is 5.75 Å². The van der Waals surface area contributed by atoms with Crippen LogP contribution in [-0.2, 0) is 0 Å². The molecule has 0 spiro atoms. The van der Waals surface area contributed by atoms with Gasteiger partial charge in [-0.25, -0.2) is 4.79 Å². The van der Waals surface area contributed by atoms with Gasteiger partial charge in [-0.1, -0.05) is 29.8 Å². The number of anilines is 1. The van der Waals surface area contributed by atoms with Gasteiger partial charge in [0.15, 0.2) is 0 Å². The third-order valence-corrected chi connectivity index (χ3v) is 3.01. The number of aryl methyl sites for hydroxylation is 1. The summed E-state index contributed by atoms with van der Waals surface area (Å²) in [5, 5.41) is 15.4. The van der Waals surface area contributed by atoms with Crippen LogP contribution in [0.1, 0.15) is 11.1 Å². The Labute approximate surface area is 128 Å². The molecule has 0 saturated carbocycles. The van der Waals surface area contributed by atoms with Gasteiger partial charge >= 0.3 is 6.03 Å². The van der Waals surface area contributed by atoms with Crippen LogP contribution < -0.4 is 10.6 Å². The van der Waals surface area contributed by atoms with Gasteiger partial charge in [-0.3, -0.25) is 0 Å². The second-order valence-corrected chi connectivity index (χ2v) is 4.94. The molecule has 2 aromatic carbocycles. The van der Waals surface area contributed by atoms with Gasteiger partial charge in [0.1, 0.15) is 5.75 Å². The third-order valence-electron chi connectivity index (χ3n) is 2.76. The Morgan fingerprint density at radius 1 is 1.19 bits per heavy atom. The highest BCUT2D eigenvalue weighted by molar-refractivity contribution is 6.30. The molecule has 2 rings (SSSR count). The van der Waals surface area contributed by atoms with Gasteiger partial charge in [0, 0.05) is 11.2 Å². The lowest BCUT2D eigenvalue weighted by atomic mass is 10.2. The van der Waals surface area contributed by atoms with E-state index in [0.29, 0.717) is 10.7 Å². The summed E-state index contributed by atoms with van der Waals surface area (Å²) in [6, 6.07) is 11.8. The first-order chi connectivity index (χ1) is 10.0. The van der Waals surface area contributed by atoms with Gasteiger partial charge in [0.2, 0.25) is 0 Å². The van der Waals surface area contributed by atoms with Gasteiger partial charge in [0.25, 0.3) is 0 Å². The van der Waals surface area contributed by atoms with Crippen LogP contribution in [0.3, 0.4) is 0 Å². The van der Waals surface area contributed by atoms with Gasteiger partial charge in [-0.15, -0.1) is 0 Å². The molecular formula is C16H15ClN2O2. The molecule has 0 unspecified atom stereocenters. The standard InChI is InChI=1S/C16H15ClN2O2/c1-11-2-7-15(20)14(10-11)19-16(21)18-9-8-12-3-5-13(17)6-4-12/h2-10,20H,1H3,(H2,18,19,21)/b9-8+. The summed E-state index contributed by atoms with van der Waals surface area (Å²) < 4.78 is 0. The van der Waals surface area contributed by atoms with Crippen molar-refractivity contribution >= 4 is 29.4 Å². The third kappa shape index (κ3) is 4.54. The van der Waals surface area contributed by atoms with Crippen molar-refractivity contribution in [1.29, 1.82) is 0 Å². The highest BCUT2D eigenvalue weighted by Gasteiger charge is 2.04. The Morgan fingerprint density at radius 2 is 1.90 bits per heavy atom. The predicted octanol–water partition coefficient (Wildman–Crippen LogP) is 4.15. The normalized spacial score (nSPS) is 10.6. The smallest absolute Gasteiger partial charge is 0.323 e. The minimum atomic E-state index is -0.430. The van der Waals surface area contributed by atoms with Gasteiger partial charge < -0.3 is 15.7 Å². The summed E-state index contributed by atoms with van der Waals surface area (Å²) in [7, 11) is 0. The van der Waals surface area contributed by atoms with E-state index in [1.807, 2.05) is 19.1 Å². The Balaban J connectivity index is 1.93. The molecule has 108 valence electrons. The fraction of sp³-hybridized carbons (Fsp3) is 0.0625. The molecule has 3 N–H and O–H groups in total. The van der Waals surface area contributed by atoms with Crippen LogP contribution >= 0.6 is 11.6 Å². The second kappa shape index (κ2) is 6.81. The SMILES string of the molecule is Cc1ccc(O)c(NC(=O)N/C=C/c2ccc(Cl)cc2)c1. The van der Waals surface area contributed by atoms with Crippen LogP contribution in [0.2, 0.25) is 5.02 Å². The lowest BCUT2D eigenvalue weighted by Gasteiger charge is -2.07. The molecule has 21 heavy (non-hydrogen) atoms. The molecule has 0 aliphatic carbocycles. The maximum Gasteiger partial charge on any atom is 0.323 e. The van der Waals surface area contributed by atoms with E-state index in [0.717, 1.165) is 11.1 Å². The summed E-state index contributed by atoms with van der Waals surface area (Å²) in [4.78, 5) is 11.7. The number of halogens is 1. The monoisotopic (exact) mass is 302 g/mol. The Morgan fingerprint density at radius 3 is 2.62 bits per heavy atom. The molecule has 0 bridgehead atoms. The van der Waals surface area contributed by atoms with Crippen molar-refractivity contribution in [1.82, 2.24) is 5.32 Å². The topological polar surface area (TPSA) is 61.4 Å². The average Bonchev–Trinajstić information content (AvgIpc) is 2.45. The van der Waals surface area contributed by atoms with E-state index in [1.54, 1.807) is 30.3 Å². The number of benzene rings is 2. The minimum absolute atomic E-state index is 0.0254. The zero-order valence-corrected chi connectivity index (χ0v) is 12.2. The van der Waals surface area contributed by atoms with Crippen molar-refractivity contribution < 1.29 is 9.90 Å². The average molecular weight is 303 g/mol. The molecule has 0 aromatic heterocycles. The molecule has 0 aliphatic rings. The fourth-order valence-corrected chi connectivity index (χ4v) is 1.82. The largest absolute Gasteiger partial charge is 0.506 e. The number of carbonyl (C=O) groups is 1. The van der Waals surface area contributed by atoms with Crippen LogP contribution in [0.25, 0.3) is 6.08 Å². The first-order valence-corrected chi connectivity index (χ1v) is 6.71. The first-order valence-electron chi connectivity index (χ1n) is 6.34. The molecule has 2 amide bonds. The van der Waals surface area contributed by atoms with Crippen molar-refractivity contribution in [3.05, 3.63) is 64.8 Å². The van der Waals surface area contributed by atoms with Crippen molar-refractivity contribution in [3.63, 3.8) is 0 Å². The maximum absolute atomic E-state index is 11.7. The number of phenols is 1. The lowest BCUT2D eigenvalue weighted by Crippen LogP contribution is -2.23. The number of urea groups is 1. The number of aromatic hydroxyl groups is 1. The summed E-state index contributed by atoms with van der Waals surface area (Å²) in [6.45, 7) is 1.88. The predicted molar refractivity (Wildman–Crippen MR) is 85.5 cm³/mol. The first kappa shape index (κ1) is 14.9. The lowest BCUT2D eigenvalue weighted by molar-refractivity contribution is 0.255. The Bertz CT molecular complexity index is 666.